The van der Waals surface area contributed by atoms with E-state index in [1.165, 1.54) is 42.5 Å². The maximum atomic E-state index is 12.9. The fourth-order valence-electron chi connectivity index (χ4n) is 3.31. The molecule has 0 aliphatic carbocycles. The molecule has 3 aromatic carbocycles. The van der Waals surface area contributed by atoms with Crippen molar-refractivity contribution in [3.8, 4) is 0 Å². The number of sulfonamides is 2. The van der Waals surface area contributed by atoms with Crippen molar-refractivity contribution in [1.82, 2.24) is 0 Å². The van der Waals surface area contributed by atoms with Crippen LogP contribution in [0, 0.1) is 0 Å². The molecule has 0 amide bonds. The standard InChI is InChI=1S/C24H24N2O7S2/c1-3-33-24(28)23(17(2)27)21-16-18(25-34(29,30)19-10-6-4-7-11-19)14-15-22(21)26-35(31,32)20-12-8-5-9-13-20/h4-16,23,25-26H,3H2,1-2H3/t23-/m0/s1. The fourth-order valence-corrected chi connectivity index (χ4v) is 5.49. The molecule has 35 heavy (non-hydrogen) atoms. The molecule has 0 heterocycles. The Bertz CT molecular complexity index is 1420. The van der Waals surface area contributed by atoms with Crippen molar-refractivity contribution in [3.05, 3.63) is 84.4 Å². The van der Waals surface area contributed by atoms with Gasteiger partial charge in [-0.2, -0.15) is 0 Å². The lowest BCUT2D eigenvalue weighted by molar-refractivity contribution is -0.147. The molecule has 0 spiro atoms. The molecular formula is C24H24N2O7S2. The van der Waals surface area contributed by atoms with Crippen molar-refractivity contribution in [2.24, 2.45) is 0 Å². The van der Waals surface area contributed by atoms with Gasteiger partial charge in [0.05, 0.1) is 22.1 Å². The van der Waals surface area contributed by atoms with Gasteiger partial charge >= 0.3 is 5.97 Å². The van der Waals surface area contributed by atoms with Crippen LogP contribution < -0.4 is 9.44 Å². The van der Waals surface area contributed by atoms with Gasteiger partial charge in [-0.3, -0.25) is 19.0 Å². The quantitative estimate of drug-likeness (QED) is 0.311. The van der Waals surface area contributed by atoms with Crippen LogP contribution in [0.2, 0.25) is 0 Å². The Morgan fingerprint density at radius 3 is 1.80 bits per heavy atom. The van der Waals surface area contributed by atoms with Gasteiger partial charge in [0.1, 0.15) is 11.7 Å². The fraction of sp³-hybridized carbons (Fsp3) is 0.167. The van der Waals surface area contributed by atoms with Crippen LogP contribution >= 0.6 is 0 Å². The Labute approximate surface area is 204 Å². The molecule has 0 aliphatic heterocycles. The summed E-state index contributed by atoms with van der Waals surface area (Å²) in [5.74, 6) is -2.97. The first-order valence-electron chi connectivity index (χ1n) is 10.5. The molecule has 2 N–H and O–H groups in total. The van der Waals surface area contributed by atoms with Crippen LogP contribution in [0.1, 0.15) is 25.3 Å². The van der Waals surface area contributed by atoms with Gasteiger partial charge in [-0.05, 0) is 61.9 Å². The maximum Gasteiger partial charge on any atom is 0.321 e. The molecule has 9 nitrogen and oxygen atoms in total. The van der Waals surface area contributed by atoms with Crippen LogP contribution in [0.15, 0.2) is 88.7 Å². The zero-order chi connectivity index (χ0) is 25.6. The number of anilines is 2. The lowest BCUT2D eigenvalue weighted by Crippen LogP contribution is -2.25. The van der Waals surface area contributed by atoms with Gasteiger partial charge in [0.25, 0.3) is 20.0 Å². The summed E-state index contributed by atoms with van der Waals surface area (Å²) in [6.45, 7) is 2.73. The molecule has 0 fully saturated rings. The summed E-state index contributed by atoms with van der Waals surface area (Å²) in [4.78, 5) is 25.1. The van der Waals surface area contributed by atoms with E-state index in [1.807, 2.05) is 0 Å². The zero-order valence-electron chi connectivity index (χ0n) is 19.0. The van der Waals surface area contributed by atoms with Gasteiger partial charge in [-0.25, -0.2) is 16.8 Å². The number of hydrogen-bond acceptors (Lipinski definition) is 7. The highest BCUT2D eigenvalue weighted by molar-refractivity contribution is 7.93. The Hall–Kier alpha value is -3.70. The van der Waals surface area contributed by atoms with Crippen LogP contribution in [0.4, 0.5) is 11.4 Å². The van der Waals surface area contributed by atoms with E-state index >= 15 is 0 Å². The lowest BCUT2D eigenvalue weighted by Gasteiger charge is -2.20. The molecular weight excluding hydrogens is 492 g/mol. The Kier molecular flexibility index (Phi) is 7.92. The number of ether oxygens (including phenoxy) is 1. The largest absolute Gasteiger partial charge is 0.465 e. The summed E-state index contributed by atoms with van der Waals surface area (Å²) in [6.07, 6.45) is 0. The molecule has 0 bridgehead atoms. The number of esters is 1. The van der Waals surface area contributed by atoms with Crippen molar-refractivity contribution in [2.75, 3.05) is 16.1 Å². The van der Waals surface area contributed by atoms with E-state index in [0.29, 0.717) is 0 Å². The minimum absolute atomic E-state index is 0.00363. The first kappa shape index (κ1) is 25.9. The Balaban J connectivity index is 2.09. The van der Waals surface area contributed by atoms with Crippen LogP contribution in [-0.4, -0.2) is 35.2 Å². The second-order valence-corrected chi connectivity index (χ2v) is 10.8. The number of benzene rings is 3. The number of carbonyl (C=O) groups excluding carboxylic acids is 2. The monoisotopic (exact) mass is 516 g/mol. The average molecular weight is 517 g/mol. The first-order valence-corrected chi connectivity index (χ1v) is 13.5. The highest BCUT2D eigenvalue weighted by Crippen LogP contribution is 2.32. The lowest BCUT2D eigenvalue weighted by atomic mass is 9.93. The van der Waals surface area contributed by atoms with Crippen molar-refractivity contribution in [1.29, 1.82) is 0 Å². The summed E-state index contributed by atoms with van der Waals surface area (Å²) in [5.41, 5.74) is -0.0875. The Morgan fingerprint density at radius 1 is 0.800 bits per heavy atom. The average Bonchev–Trinajstić information content (AvgIpc) is 2.81. The van der Waals surface area contributed by atoms with Gasteiger partial charge in [0, 0.05) is 5.69 Å². The molecule has 3 aromatic rings. The van der Waals surface area contributed by atoms with E-state index in [1.54, 1.807) is 43.3 Å². The van der Waals surface area contributed by atoms with Crippen molar-refractivity contribution in [3.63, 3.8) is 0 Å². The van der Waals surface area contributed by atoms with Gasteiger partial charge in [0.2, 0.25) is 0 Å². The van der Waals surface area contributed by atoms with Crippen LogP contribution in [0.5, 0.6) is 0 Å². The third kappa shape index (κ3) is 6.25. The molecule has 0 unspecified atom stereocenters. The van der Waals surface area contributed by atoms with Gasteiger partial charge < -0.3 is 4.74 Å². The molecule has 0 radical (unpaired) electrons. The second-order valence-electron chi connectivity index (χ2n) is 7.43. The number of ketones is 1. The first-order chi connectivity index (χ1) is 16.5. The minimum atomic E-state index is -4.08. The minimum Gasteiger partial charge on any atom is -0.465 e. The number of carbonyl (C=O) groups is 2. The summed E-state index contributed by atoms with van der Waals surface area (Å²) in [7, 11) is -8.06. The van der Waals surface area contributed by atoms with E-state index < -0.39 is 37.7 Å². The topological polar surface area (TPSA) is 136 Å². The van der Waals surface area contributed by atoms with E-state index in [2.05, 4.69) is 9.44 Å². The smallest absolute Gasteiger partial charge is 0.321 e. The second kappa shape index (κ2) is 10.7. The van der Waals surface area contributed by atoms with Crippen LogP contribution in [0.25, 0.3) is 0 Å². The molecule has 184 valence electrons. The Morgan fingerprint density at radius 2 is 1.31 bits per heavy atom. The molecule has 11 heteroatoms. The molecule has 3 rings (SSSR count). The number of Topliss-reactive ketones (excluding diaryl/α,β-unsaturated/α-hetero) is 1. The third-order valence-electron chi connectivity index (χ3n) is 4.89. The van der Waals surface area contributed by atoms with Gasteiger partial charge in [-0.15, -0.1) is 0 Å². The van der Waals surface area contributed by atoms with E-state index in [-0.39, 0.29) is 33.3 Å². The molecule has 0 aromatic heterocycles. The number of hydrogen-bond donors (Lipinski definition) is 2. The van der Waals surface area contributed by atoms with Crippen molar-refractivity contribution < 1.29 is 31.2 Å². The van der Waals surface area contributed by atoms with Crippen molar-refractivity contribution in [2.45, 2.75) is 29.6 Å². The SMILES string of the molecule is CCOC(=O)[C@@H](C(C)=O)c1cc(NS(=O)(=O)c2ccccc2)ccc1NS(=O)(=O)c1ccccc1. The van der Waals surface area contributed by atoms with Gasteiger partial charge in [0.15, 0.2) is 0 Å². The highest BCUT2D eigenvalue weighted by atomic mass is 32.2. The van der Waals surface area contributed by atoms with Gasteiger partial charge in [-0.1, -0.05) is 36.4 Å². The highest BCUT2D eigenvalue weighted by Gasteiger charge is 2.31. The zero-order valence-corrected chi connectivity index (χ0v) is 20.6. The van der Waals surface area contributed by atoms with E-state index in [9.17, 15) is 26.4 Å². The maximum absolute atomic E-state index is 12.9. The predicted octanol–water partition coefficient (Wildman–Crippen LogP) is 3.52. The summed E-state index contributed by atoms with van der Waals surface area (Å²) >= 11 is 0. The van der Waals surface area contributed by atoms with Crippen molar-refractivity contribution >= 4 is 43.2 Å². The third-order valence-corrected chi connectivity index (χ3v) is 7.67. The number of rotatable bonds is 10. The summed E-state index contributed by atoms with van der Waals surface area (Å²) in [6, 6.07) is 19.0. The summed E-state index contributed by atoms with van der Waals surface area (Å²) in [5, 5.41) is 0. The molecule has 0 saturated heterocycles. The van der Waals surface area contributed by atoms with Crippen LogP contribution in [0.3, 0.4) is 0 Å². The molecule has 0 saturated carbocycles. The summed E-state index contributed by atoms with van der Waals surface area (Å²) < 4.78 is 61.2. The number of nitrogens with one attached hydrogen (secondary N) is 2. The van der Waals surface area contributed by atoms with Crippen LogP contribution in [-0.2, 0) is 34.4 Å². The molecule has 0 aliphatic rings. The normalized spacial score (nSPS) is 12.4. The van der Waals surface area contributed by atoms with E-state index in [0.717, 1.165) is 6.92 Å². The van der Waals surface area contributed by atoms with E-state index in [4.69, 9.17) is 4.74 Å². The molecule has 1 atom stereocenters. The predicted molar refractivity (Wildman–Crippen MR) is 131 cm³/mol.